The van der Waals surface area contributed by atoms with Crippen LogP contribution < -0.4 is 0 Å². The average molecular weight is 325 g/mol. The van der Waals surface area contributed by atoms with Crippen LogP contribution in [0.4, 0.5) is 5.69 Å². The number of nitrogens with zero attached hydrogens (tertiary/aromatic N) is 1. The molecule has 0 bridgehead atoms. The number of hydrogen-bond acceptors (Lipinski definition) is 2. The van der Waals surface area contributed by atoms with Crippen molar-refractivity contribution in [2.75, 3.05) is 0 Å². The number of aliphatic imine (C=N–C) groups is 1. The Morgan fingerprint density at radius 1 is 0.800 bits per heavy atom. The summed E-state index contributed by atoms with van der Waals surface area (Å²) in [6.07, 6.45) is 1.87. The van der Waals surface area contributed by atoms with Crippen LogP contribution in [0.5, 0.6) is 5.75 Å². The van der Waals surface area contributed by atoms with Crippen LogP contribution in [0.3, 0.4) is 0 Å². The molecular formula is C23H19NO. The summed E-state index contributed by atoms with van der Waals surface area (Å²) in [4.78, 5) is 4.62. The highest BCUT2D eigenvalue weighted by Crippen LogP contribution is 2.32. The zero-order valence-electron chi connectivity index (χ0n) is 14.3. The maximum atomic E-state index is 10.3. The fourth-order valence-corrected chi connectivity index (χ4v) is 3.36. The van der Waals surface area contributed by atoms with E-state index in [2.05, 4.69) is 35.3 Å². The smallest absolute Gasteiger partial charge is 0.144 e. The second-order valence-corrected chi connectivity index (χ2v) is 6.44. The van der Waals surface area contributed by atoms with Crippen molar-refractivity contribution in [1.29, 1.82) is 0 Å². The first-order valence-electron chi connectivity index (χ1n) is 8.38. The summed E-state index contributed by atoms with van der Waals surface area (Å²) in [5, 5.41) is 15.0. The minimum Gasteiger partial charge on any atom is -0.505 e. The summed E-state index contributed by atoms with van der Waals surface area (Å²) in [7, 11) is 0. The monoisotopic (exact) mass is 325 g/mol. The van der Waals surface area contributed by atoms with Gasteiger partial charge in [0.1, 0.15) is 11.4 Å². The van der Waals surface area contributed by atoms with Crippen molar-refractivity contribution in [2.45, 2.75) is 13.8 Å². The quantitative estimate of drug-likeness (QED) is 0.352. The van der Waals surface area contributed by atoms with Crippen molar-refractivity contribution < 1.29 is 5.11 Å². The van der Waals surface area contributed by atoms with Crippen molar-refractivity contribution in [1.82, 2.24) is 0 Å². The van der Waals surface area contributed by atoms with E-state index in [1.807, 2.05) is 56.5 Å². The fraction of sp³-hybridized carbons (Fsp3) is 0.0870. The fourth-order valence-electron chi connectivity index (χ4n) is 3.36. The number of hydrogen-bond donors (Lipinski definition) is 1. The van der Waals surface area contributed by atoms with E-state index in [0.717, 1.165) is 27.5 Å². The van der Waals surface area contributed by atoms with Gasteiger partial charge in [-0.15, -0.1) is 0 Å². The van der Waals surface area contributed by atoms with Gasteiger partial charge in [-0.3, -0.25) is 4.99 Å². The van der Waals surface area contributed by atoms with Crippen LogP contribution in [0.1, 0.15) is 16.7 Å². The Morgan fingerprint density at radius 2 is 1.40 bits per heavy atom. The van der Waals surface area contributed by atoms with Crippen LogP contribution in [-0.4, -0.2) is 11.3 Å². The van der Waals surface area contributed by atoms with Crippen molar-refractivity contribution in [3.63, 3.8) is 0 Å². The molecule has 4 aromatic carbocycles. The standard InChI is InChI=1S/C23H19NO/c1-15-11-16(2)23(25)22(12-15)24-14-21-19-9-5-3-7-17(19)13-18-8-4-6-10-20(18)21/h3-14,25H,1-2H3. The molecular weight excluding hydrogens is 306 g/mol. The molecule has 0 saturated heterocycles. The van der Waals surface area contributed by atoms with E-state index in [0.29, 0.717) is 5.69 Å². The zero-order chi connectivity index (χ0) is 17.4. The lowest BCUT2D eigenvalue weighted by atomic mass is 9.97. The van der Waals surface area contributed by atoms with Gasteiger partial charge in [0.25, 0.3) is 0 Å². The number of phenols is 1. The lowest BCUT2D eigenvalue weighted by Gasteiger charge is -2.09. The third kappa shape index (κ3) is 2.76. The zero-order valence-corrected chi connectivity index (χ0v) is 14.3. The molecule has 0 radical (unpaired) electrons. The first-order chi connectivity index (χ1) is 12.1. The molecule has 4 rings (SSSR count). The molecule has 0 fully saturated rings. The predicted molar refractivity (Wildman–Crippen MR) is 106 cm³/mol. The van der Waals surface area contributed by atoms with E-state index in [4.69, 9.17) is 0 Å². The third-order valence-electron chi connectivity index (χ3n) is 4.57. The van der Waals surface area contributed by atoms with Gasteiger partial charge in [-0.25, -0.2) is 0 Å². The highest BCUT2D eigenvalue weighted by Gasteiger charge is 2.07. The maximum Gasteiger partial charge on any atom is 0.144 e. The van der Waals surface area contributed by atoms with Gasteiger partial charge in [-0.2, -0.15) is 0 Å². The van der Waals surface area contributed by atoms with Crippen molar-refractivity contribution >= 4 is 33.4 Å². The van der Waals surface area contributed by atoms with Crippen LogP contribution in [0.15, 0.2) is 71.7 Å². The molecule has 0 aromatic heterocycles. The predicted octanol–water partition coefficient (Wildman–Crippen LogP) is 6.07. The highest BCUT2D eigenvalue weighted by atomic mass is 16.3. The molecule has 0 aliphatic carbocycles. The molecule has 2 heteroatoms. The van der Waals surface area contributed by atoms with Gasteiger partial charge in [-0.1, -0.05) is 54.6 Å². The lowest BCUT2D eigenvalue weighted by Crippen LogP contribution is -1.88. The van der Waals surface area contributed by atoms with E-state index in [9.17, 15) is 5.11 Å². The van der Waals surface area contributed by atoms with Gasteiger partial charge in [-0.05, 0) is 58.7 Å². The van der Waals surface area contributed by atoms with Crippen molar-refractivity contribution in [3.8, 4) is 5.75 Å². The summed E-state index contributed by atoms with van der Waals surface area (Å²) in [5.74, 6) is 0.242. The van der Waals surface area contributed by atoms with Crippen LogP contribution in [0, 0.1) is 13.8 Å². The number of phenolic OH excluding ortho intramolecular Hbond substituents is 1. The minimum absolute atomic E-state index is 0.242. The summed E-state index contributed by atoms with van der Waals surface area (Å²) in [6, 6.07) is 22.7. The van der Waals surface area contributed by atoms with Gasteiger partial charge in [0.05, 0.1) is 0 Å². The molecule has 0 amide bonds. The van der Waals surface area contributed by atoms with Crippen LogP contribution in [-0.2, 0) is 0 Å². The molecule has 0 spiro atoms. The molecule has 0 saturated carbocycles. The van der Waals surface area contributed by atoms with Crippen LogP contribution in [0.25, 0.3) is 21.5 Å². The number of fused-ring (bicyclic) bond motifs is 2. The SMILES string of the molecule is Cc1cc(C)c(O)c(N=Cc2c3ccccc3cc3ccccc23)c1. The minimum atomic E-state index is 0.242. The summed E-state index contributed by atoms with van der Waals surface area (Å²) in [5.41, 5.74) is 3.61. The van der Waals surface area contributed by atoms with E-state index in [-0.39, 0.29) is 5.75 Å². The van der Waals surface area contributed by atoms with Gasteiger partial charge in [0.2, 0.25) is 0 Å². The second kappa shape index (κ2) is 6.06. The van der Waals surface area contributed by atoms with E-state index in [1.54, 1.807) is 0 Å². The summed E-state index contributed by atoms with van der Waals surface area (Å²) >= 11 is 0. The molecule has 0 aliphatic rings. The van der Waals surface area contributed by atoms with Gasteiger partial charge >= 0.3 is 0 Å². The Kier molecular flexibility index (Phi) is 3.73. The van der Waals surface area contributed by atoms with Crippen LogP contribution in [0.2, 0.25) is 0 Å². The first kappa shape index (κ1) is 15.4. The average Bonchev–Trinajstić information content (AvgIpc) is 2.62. The molecule has 2 nitrogen and oxygen atoms in total. The van der Waals surface area contributed by atoms with E-state index >= 15 is 0 Å². The molecule has 0 unspecified atom stereocenters. The molecule has 0 atom stereocenters. The van der Waals surface area contributed by atoms with Crippen LogP contribution >= 0.6 is 0 Å². The van der Waals surface area contributed by atoms with Crippen molar-refractivity contribution in [3.05, 3.63) is 83.4 Å². The summed E-state index contributed by atoms with van der Waals surface area (Å²) < 4.78 is 0. The Hall–Kier alpha value is -3.13. The number of benzene rings is 4. The normalized spacial score (nSPS) is 11.6. The number of rotatable bonds is 2. The Morgan fingerprint density at radius 3 is 2.04 bits per heavy atom. The van der Waals surface area contributed by atoms with Crippen molar-refractivity contribution in [2.24, 2.45) is 4.99 Å². The third-order valence-corrected chi connectivity index (χ3v) is 4.57. The highest BCUT2D eigenvalue weighted by molar-refractivity contribution is 6.13. The first-order valence-corrected chi connectivity index (χ1v) is 8.38. The molecule has 25 heavy (non-hydrogen) atoms. The Balaban J connectivity index is 1.96. The summed E-state index contributed by atoms with van der Waals surface area (Å²) in [6.45, 7) is 3.91. The topological polar surface area (TPSA) is 32.6 Å². The number of aryl methyl sites for hydroxylation is 2. The maximum absolute atomic E-state index is 10.3. The molecule has 4 aromatic rings. The van der Waals surface area contributed by atoms with E-state index < -0.39 is 0 Å². The second-order valence-electron chi connectivity index (χ2n) is 6.44. The molecule has 0 heterocycles. The Bertz CT molecular complexity index is 1070. The largest absolute Gasteiger partial charge is 0.505 e. The van der Waals surface area contributed by atoms with Gasteiger partial charge < -0.3 is 5.11 Å². The van der Waals surface area contributed by atoms with E-state index in [1.165, 1.54) is 10.8 Å². The molecule has 122 valence electrons. The molecule has 0 aliphatic heterocycles. The van der Waals surface area contributed by atoms with Gasteiger partial charge in [0, 0.05) is 11.8 Å². The van der Waals surface area contributed by atoms with Gasteiger partial charge in [0.15, 0.2) is 0 Å². The lowest BCUT2D eigenvalue weighted by molar-refractivity contribution is 0.472. The molecule has 1 N–H and O–H groups in total. The Labute approximate surface area is 147 Å². The number of aromatic hydroxyl groups is 1.